The van der Waals surface area contributed by atoms with Gasteiger partial charge in [-0.05, 0) is 95.7 Å². The SMILES string of the molecule is c1ccc(N(c2ccccc2)c2ccc3oc4oc5cc(N(c6ccc7ccccc7c6)c6ccc7c(c6)sc6ccccc67)ccc5c4c3c2)cc1. The monoisotopic (exact) mass is 698 g/mol. The van der Waals surface area contributed by atoms with Crippen molar-refractivity contribution in [1.29, 1.82) is 0 Å². The highest BCUT2D eigenvalue weighted by Gasteiger charge is 2.21. The highest BCUT2D eigenvalue weighted by molar-refractivity contribution is 7.25. The molecule has 11 rings (SSSR count). The van der Waals surface area contributed by atoms with Crippen molar-refractivity contribution in [2.45, 2.75) is 0 Å². The predicted molar refractivity (Wildman–Crippen MR) is 223 cm³/mol. The molecular formula is C48H30N2O2S. The van der Waals surface area contributed by atoms with E-state index in [9.17, 15) is 0 Å². The lowest BCUT2D eigenvalue weighted by Gasteiger charge is -2.26. The summed E-state index contributed by atoms with van der Waals surface area (Å²) in [4.78, 5) is 4.60. The number of hydrogen-bond donors (Lipinski definition) is 0. The number of rotatable bonds is 6. The van der Waals surface area contributed by atoms with Gasteiger partial charge in [0.25, 0.3) is 5.78 Å². The molecule has 0 fully saturated rings. The maximum atomic E-state index is 6.55. The summed E-state index contributed by atoms with van der Waals surface area (Å²) in [6, 6.07) is 64.4. The Hall–Kier alpha value is -6.82. The molecule has 0 saturated carbocycles. The number of hydrogen-bond acceptors (Lipinski definition) is 5. The van der Waals surface area contributed by atoms with E-state index in [0.29, 0.717) is 5.78 Å². The lowest BCUT2D eigenvalue weighted by molar-refractivity contribution is 0.524. The molecule has 11 aromatic rings. The van der Waals surface area contributed by atoms with Crippen LogP contribution >= 0.6 is 11.3 Å². The molecule has 0 aliphatic carbocycles. The Bertz CT molecular complexity index is 3100. The molecule has 4 nitrogen and oxygen atoms in total. The Labute approximate surface area is 308 Å². The molecule has 0 saturated heterocycles. The van der Waals surface area contributed by atoms with Crippen molar-refractivity contribution in [1.82, 2.24) is 0 Å². The average Bonchev–Trinajstić information content (AvgIpc) is 3.88. The van der Waals surface area contributed by atoms with Crippen LogP contribution in [0.1, 0.15) is 0 Å². The van der Waals surface area contributed by atoms with Gasteiger partial charge in [0.1, 0.15) is 11.2 Å². The highest BCUT2D eigenvalue weighted by Crippen LogP contribution is 2.45. The van der Waals surface area contributed by atoms with Crippen LogP contribution in [0.25, 0.3) is 64.0 Å². The smallest absolute Gasteiger partial charge is 0.299 e. The molecule has 0 atom stereocenters. The van der Waals surface area contributed by atoms with E-state index in [1.807, 2.05) is 29.5 Å². The Morgan fingerprint density at radius 1 is 0.340 bits per heavy atom. The minimum Gasteiger partial charge on any atom is -0.425 e. The maximum Gasteiger partial charge on any atom is 0.299 e. The third kappa shape index (κ3) is 4.90. The van der Waals surface area contributed by atoms with E-state index in [2.05, 4.69) is 174 Å². The maximum absolute atomic E-state index is 6.55. The van der Waals surface area contributed by atoms with Crippen LogP contribution in [-0.4, -0.2) is 0 Å². The van der Waals surface area contributed by atoms with Gasteiger partial charge < -0.3 is 18.6 Å². The highest BCUT2D eigenvalue weighted by atomic mass is 32.1. The lowest BCUT2D eigenvalue weighted by atomic mass is 10.1. The Morgan fingerprint density at radius 3 is 1.72 bits per heavy atom. The molecule has 0 spiro atoms. The van der Waals surface area contributed by atoms with Gasteiger partial charge in [-0.15, -0.1) is 11.3 Å². The standard InChI is InChI=1S/C48H30N2O2S/c1-3-13-33(14-4-1)49(34-15-5-2-6-16-34)36-23-26-43-42(28-36)47-41-25-22-37(29-44(41)52-48(47)51-43)50(35-20-19-31-11-7-8-12-32(31)27-35)38-21-24-40-39-17-9-10-18-45(39)53-46(40)30-38/h1-30H. The molecule has 3 aromatic heterocycles. The Balaban J connectivity index is 1.07. The van der Waals surface area contributed by atoms with Gasteiger partial charge in [0.2, 0.25) is 0 Å². The largest absolute Gasteiger partial charge is 0.425 e. The molecule has 0 bridgehead atoms. The van der Waals surface area contributed by atoms with Crippen molar-refractivity contribution >= 4 is 110 Å². The topological polar surface area (TPSA) is 32.8 Å². The van der Waals surface area contributed by atoms with Crippen LogP contribution in [0.3, 0.4) is 0 Å². The number of nitrogens with zero attached hydrogens (tertiary/aromatic N) is 2. The number of anilines is 6. The van der Waals surface area contributed by atoms with Crippen molar-refractivity contribution < 1.29 is 8.83 Å². The average molecular weight is 699 g/mol. The normalized spacial score (nSPS) is 11.8. The van der Waals surface area contributed by atoms with Crippen molar-refractivity contribution in [2.24, 2.45) is 0 Å². The molecule has 0 amide bonds. The zero-order chi connectivity index (χ0) is 34.9. The van der Waals surface area contributed by atoms with Gasteiger partial charge in [0.15, 0.2) is 0 Å². The van der Waals surface area contributed by atoms with Crippen molar-refractivity contribution in [3.63, 3.8) is 0 Å². The second-order valence-corrected chi connectivity index (χ2v) is 14.5. The van der Waals surface area contributed by atoms with Crippen LogP contribution in [0.5, 0.6) is 0 Å². The number of para-hydroxylation sites is 2. The van der Waals surface area contributed by atoms with Crippen LogP contribution in [0.2, 0.25) is 0 Å². The molecule has 0 unspecified atom stereocenters. The summed E-state index contributed by atoms with van der Waals surface area (Å²) >= 11 is 1.83. The van der Waals surface area contributed by atoms with Gasteiger partial charge in [0, 0.05) is 71.1 Å². The molecule has 53 heavy (non-hydrogen) atoms. The van der Waals surface area contributed by atoms with Gasteiger partial charge >= 0.3 is 0 Å². The first-order chi connectivity index (χ1) is 26.2. The third-order valence-corrected chi connectivity index (χ3v) is 11.4. The van der Waals surface area contributed by atoms with Gasteiger partial charge in [0.05, 0.1) is 5.39 Å². The second-order valence-electron chi connectivity index (χ2n) is 13.4. The minimum atomic E-state index is 0.527. The summed E-state index contributed by atoms with van der Waals surface area (Å²) < 4.78 is 15.5. The molecule has 5 heteroatoms. The van der Waals surface area contributed by atoms with E-state index in [4.69, 9.17) is 8.83 Å². The summed E-state index contributed by atoms with van der Waals surface area (Å²) in [6.45, 7) is 0. The molecule has 0 aliphatic rings. The van der Waals surface area contributed by atoms with Crippen molar-refractivity contribution in [2.75, 3.05) is 9.80 Å². The first-order valence-electron chi connectivity index (χ1n) is 17.7. The fourth-order valence-electron chi connectivity index (χ4n) is 7.79. The van der Waals surface area contributed by atoms with Crippen molar-refractivity contribution in [3.05, 3.63) is 182 Å². The molecule has 0 aliphatic heterocycles. The fourth-order valence-corrected chi connectivity index (χ4v) is 8.93. The zero-order valence-electron chi connectivity index (χ0n) is 28.4. The van der Waals surface area contributed by atoms with Gasteiger partial charge in [-0.3, -0.25) is 0 Å². The van der Waals surface area contributed by atoms with E-state index < -0.39 is 0 Å². The van der Waals surface area contributed by atoms with Crippen LogP contribution in [0.4, 0.5) is 34.1 Å². The van der Waals surface area contributed by atoms with Crippen LogP contribution in [-0.2, 0) is 0 Å². The summed E-state index contributed by atoms with van der Waals surface area (Å²) in [6.07, 6.45) is 0. The first kappa shape index (κ1) is 29.9. The lowest BCUT2D eigenvalue weighted by Crippen LogP contribution is -2.09. The fraction of sp³-hybridized carbons (Fsp3) is 0. The molecular weight excluding hydrogens is 669 g/mol. The Morgan fingerprint density at radius 2 is 0.906 bits per heavy atom. The van der Waals surface area contributed by atoms with Crippen LogP contribution in [0, 0.1) is 0 Å². The van der Waals surface area contributed by atoms with E-state index in [-0.39, 0.29) is 0 Å². The first-order valence-corrected chi connectivity index (χ1v) is 18.6. The second kappa shape index (κ2) is 11.9. The summed E-state index contributed by atoms with van der Waals surface area (Å²) in [5.41, 5.74) is 7.96. The van der Waals surface area contributed by atoms with Crippen molar-refractivity contribution in [3.8, 4) is 0 Å². The molecule has 250 valence electrons. The van der Waals surface area contributed by atoms with E-state index in [1.54, 1.807) is 0 Å². The zero-order valence-corrected chi connectivity index (χ0v) is 29.3. The van der Waals surface area contributed by atoms with E-state index in [1.165, 1.54) is 30.9 Å². The van der Waals surface area contributed by atoms with Gasteiger partial charge in [-0.2, -0.15) is 0 Å². The number of fused-ring (bicyclic) bond motifs is 9. The molecule has 8 aromatic carbocycles. The quantitative estimate of drug-likeness (QED) is 0.173. The summed E-state index contributed by atoms with van der Waals surface area (Å²) in [5.74, 6) is 0.527. The molecule has 0 radical (unpaired) electrons. The minimum absolute atomic E-state index is 0.527. The number of thiophene rings is 1. The van der Waals surface area contributed by atoms with E-state index >= 15 is 0 Å². The number of benzene rings is 8. The third-order valence-electron chi connectivity index (χ3n) is 10.2. The summed E-state index contributed by atoms with van der Waals surface area (Å²) in [5, 5.41) is 7.99. The predicted octanol–water partition coefficient (Wildman–Crippen LogP) is 14.8. The van der Waals surface area contributed by atoms with Crippen LogP contribution in [0.15, 0.2) is 191 Å². The molecule has 3 heterocycles. The van der Waals surface area contributed by atoms with Gasteiger partial charge in [-0.1, -0.05) is 91.0 Å². The summed E-state index contributed by atoms with van der Waals surface area (Å²) in [7, 11) is 0. The Kier molecular flexibility index (Phi) is 6.69. The van der Waals surface area contributed by atoms with E-state index in [0.717, 1.165) is 61.4 Å². The van der Waals surface area contributed by atoms with Gasteiger partial charge in [-0.25, -0.2) is 0 Å². The molecule has 0 N–H and O–H groups in total. The van der Waals surface area contributed by atoms with Crippen LogP contribution < -0.4 is 9.80 Å². The number of furan rings is 2.